The maximum Gasteiger partial charge on any atom is 0.254 e. The molecule has 0 aliphatic carbocycles. The van der Waals surface area contributed by atoms with E-state index < -0.39 is 9.84 Å². The number of amides is 1. The molecular weight excluding hydrogens is 294 g/mol. The van der Waals surface area contributed by atoms with Crippen LogP contribution in [0.15, 0.2) is 29.6 Å². The summed E-state index contributed by atoms with van der Waals surface area (Å²) in [6.45, 7) is 2.07. The normalized spacial score (nSPS) is 22.1. The summed E-state index contributed by atoms with van der Waals surface area (Å²) in [5.41, 5.74) is 0.627. The van der Waals surface area contributed by atoms with E-state index >= 15 is 0 Å². The van der Waals surface area contributed by atoms with Gasteiger partial charge in [-0.15, -0.1) is 11.3 Å². The second-order valence-corrected chi connectivity index (χ2v) is 8.31. The third-order valence-corrected chi connectivity index (χ3v) is 6.32. The molecule has 0 saturated carbocycles. The van der Waals surface area contributed by atoms with Crippen LogP contribution in [0.1, 0.15) is 17.3 Å². The van der Waals surface area contributed by atoms with Crippen molar-refractivity contribution < 1.29 is 13.2 Å². The minimum absolute atomic E-state index is 0.0550. The van der Waals surface area contributed by atoms with Crippen LogP contribution >= 0.6 is 11.3 Å². The number of carbonyl (C=O) groups is 1. The smallest absolute Gasteiger partial charge is 0.254 e. The summed E-state index contributed by atoms with van der Waals surface area (Å²) in [6, 6.07) is 7.36. The summed E-state index contributed by atoms with van der Waals surface area (Å²) in [5, 5.41) is 3.05. The van der Waals surface area contributed by atoms with Crippen LogP contribution in [0, 0.1) is 0 Å². The van der Waals surface area contributed by atoms with Gasteiger partial charge in [0.05, 0.1) is 11.5 Å². The molecule has 1 aliphatic heterocycles. The quantitative estimate of drug-likeness (QED) is 0.811. The van der Waals surface area contributed by atoms with Gasteiger partial charge in [-0.05, 0) is 42.0 Å². The van der Waals surface area contributed by atoms with Crippen molar-refractivity contribution in [2.45, 2.75) is 13.0 Å². The Labute approximate surface area is 121 Å². The van der Waals surface area contributed by atoms with Crippen molar-refractivity contribution in [3.8, 4) is 0 Å². The Kier molecular flexibility index (Phi) is 3.30. The highest BCUT2D eigenvalue weighted by Crippen LogP contribution is 2.23. The van der Waals surface area contributed by atoms with E-state index in [4.69, 9.17) is 0 Å². The SMILES string of the molecule is C[C@H]1CS(=O)(=O)CCN1C(=O)c1ccc2sccc2c1. The Morgan fingerprint density at radius 2 is 2.15 bits per heavy atom. The Morgan fingerprint density at radius 3 is 2.90 bits per heavy atom. The molecule has 3 rings (SSSR count). The minimum Gasteiger partial charge on any atom is -0.334 e. The van der Waals surface area contributed by atoms with Crippen molar-refractivity contribution in [2.75, 3.05) is 18.1 Å². The molecule has 1 aromatic heterocycles. The molecule has 1 fully saturated rings. The fourth-order valence-corrected chi connectivity index (χ4v) is 4.89. The fourth-order valence-electron chi connectivity index (χ4n) is 2.57. The van der Waals surface area contributed by atoms with Gasteiger partial charge in [-0.3, -0.25) is 4.79 Å². The van der Waals surface area contributed by atoms with Gasteiger partial charge in [-0.25, -0.2) is 8.42 Å². The van der Waals surface area contributed by atoms with Crippen LogP contribution in [0.5, 0.6) is 0 Å². The van der Waals surface area contributed by atoms with Crippen LogP contribution in [0.3, 0.4) is 0 Å². The molecule has 1 aromatic carbocycles. The zero-order valence-corrected chi connectivity index (χ0v) is 12.7. The van der Waals surface area contributed by atoms with Crippen molar-refractivity contribution in [2.24, 2.45) is 0 Å². The summed E-state index contributed by atoms with van der Waals surface area (Å²) >= 11 is 1.64. The van der Waals surface area contributed by atoms with E-state index in [9.17, 15) is 13.2 Å². The molecule has 0 spiro atoms. The molecule has 0 bridgehead atoms. The Balaban J connectivity index is 1.88. The number of benzene rings is 1. The summed E-state index contributed by atoms with van der Waals surface area (Å²) < 4.78 is 24.3. The molecule has 1 aliphatic rings. The molecule has 1 amide bonds. The molecule has 0 radical (unpaired) electrons. The van der Waals surface area contributed by atoms with Crippen LogP contribution in [0.4, 0.5) is 0 Å². The van der Waals surface area contributed by atoms with E-state index in [-0.39, 0.29) is 30.0 Å². The standard InChI is InChI=1S/C14H15NO3S2/c1-10-9-20(17,18)7-5-15(10)14(16)12-2-3-13-11(8-12)4-6-19-13/h2-4,6,8,10H,5,7,9H2,1H3/t10-/m0/s1. The van der Waals surface area contributed by atoms with Gasteiger partial charge in [0.15, 0.2) is 9.84 Å². The molecule has 4 nitrogen and oxygen atoms in total. The van der Waals surface area contributed by atoms with Gasteiger partial charge in [-0.2, -0.15) is 0 Å². The lowest BCUT2D eigenvalue weighted by Gasteiger charge is -2.33. The van der Waals surface area contributed by atoms with Gasteiger partial charge in [0.2, 0.25) is 0 Å². The average molecular weight is 309 g/mol. The van der Waals surface area contributed by atoms with Crippen LogP contribution in [0.2, 0.25) is 0 Å². The number of fused-ring (bicyclic) bond motifs is 1. The van der Waals surface area contributed by atoms with Crippen molar-refractivity contribution in [1.82, 2.24) is 4.90 Å². The lowest BCUT2D eigenvalue weighted by molar-refractivity contribution is 0.0713. The number of rotatable bonds is 1. The molecule has 106 valence electrons. The van der Waals surface area contributed by atoms with E-state index in [0.29, 0.717) is 5.56 Å². The zero-order valence-electron chi connectivity index (χ0n) is 11.1. The largest absolute Gasteiger partial charge is 0.334 e. The molecule has 1 saturated heterocycles. The zero-order chi connectivity index (χ0) is 14.3. The van der Waals surface area contributed by atoms with Gasteiger partial charge in [0, 0.05) is 22.8 Å². The van der Waals surface area contributed by atoms with Crippen molar-refractivity contribution in [3.63, 3.8) is 0 Å². The molecule has 1 atom stereocenters. The summed E-state index contributed by atoms with van der Waals surface area (Å²) in [6.07, 6.45) is 0. The highest BCUT2D eigenvalue weighted by Gasteiger charge is 2.31. The predicted molar refractivity (Wildman–Crippen MR) is 81.0 cm³/mol. The molecule has 6 heteroatoms. The Hall–Kier alpha value is -1.40. The first-order chi connectivity index (χ1) is 9.46. The van der Waals surface area contributed by atoms with Crippen LogP contribution < -0.4 is 0 Å². The first-order valence-electron chi connectivity index (χ1n) is 6.45. The third-order valence-electron chi connectivity index (χ3n) is 3.63. The van der Waals surface area contributed by atoms with E-state index in [2.05, 4.69) is 0 Å². The molecule has 0 N–H and O–H groups in total. The minimum atomic E-state index is -3.00. The van der Waals surface area contributed by atoms with E-state index in [0.717, 1.165) is 10.1 Å². The van der Waals surface area contributed by atoms with Crippen LogP contribution in [0.25, 0.3) is 10.1 Å². The van der Waals surface area contributed by atoms with E-state index in [1.165, 1.54) is 0 Å². The average Bonchev–Trinajstić information content (AvgIpc) is 2.84. The summed E-state index contributed by atoms with van der Waals surface area (Å²) in [5.74, 6) is 0.0314. The highest BCUT2D eigenvalue weighted by molar-refractivity contribution is 7.91. The molecular formula is C14H15NO3S2. The number of hydrogen-bond acceptors (Lipinski definition) is 4. The number of sulfone groups is 1. The molecule has 20 heavy (non-hydrogen) atoms. The summed E-state index contributed by atoms with van der Waals surface area (Å²) in [4.78, 5) is 14.2. The van der Waals surface area contributed by atoms with Crippen molar-refractivity contribution in [1.29, 1.82) is 0 Å². The third kappa shape index (κ3) is 2.45. The van der Waals surface area contributed by atoms with Gasteiger partial charge in [0.25, 0.3) is 5.91 Å². The Morgan fingerprint density at radius 1 is 1.35 bits per heavy atom. The monoisotopic (exact) mass is 309 g/mol. The van der Waals surface area contributed by atoms with Crippen molar-refractivity contribution >= 4 is 37.2 Å². The molecule has 2 aromatic rings. The maximum atomic E-state index is 12.5. The predicted octanol–water partition coefficient (Wildman–Crippen LogP) is 2.16. The van der Waals surface area contributed by atoms with E-state index in [1.807, 2.05) is 29.6 Å². The number of thiophene rings is 1. The maximum absolute atomic E-state index is 12.5. The number of hydrogen-bond donors (Lipinski definition) is 0. The lowest BCUT2D eigenvalue weighted by Crippen LogP contribution is -2.49. The van der Waals surface area contributed by atoms with Crippen LogP contribution in [-0.4, -0.2) is 43.3 Å². The Bertz CT molecular complexity index is 764. The highest BCUT2D eigenvalue weighted by atomic mass is 32.2. The van der Waals surface area contributed by atoms with Gasteiger partial charge < -0.3 is 4.90 Å². The second-order valence-electron chi connectivity index (χ2n) is 5.14. The molecule has 0 unspecified atom stereocenters. The van der Waals surface area contributed by atoms with Gasteiger partial charge >= 0.3 is 0 Å². The fraction of sp³-hybridized carbons (Fsp3) is 0.357. The van der Waals surface area contributed by atoms with Crippen LogP contribution in [-0.2, 0) is 9.84 Å². The van der Waals surface area contributed by atoms with E-state index in [1.54, 1.807) is 23.2 Å². The van der Waals surface area contributed by atoms with Gasteiger partial charge in [-0.1, -0.05) is 0 Å². The van der Waals surface area contributed by atoms with Crippen molar-refractivity contribution in [3.05, 3.63) is 35.2 Å². The molecule has 2 heterocycles. The first kappa shape index (κ1) is 13.6. The summed E-state index contributed by atoms with van der Waals surface area (Å²) in [7, 11) is -3.00. The lowest BCUT2D eigenvalue weighted by atomic mass is 10.1. The topological polar surface area (TPSA) is 54.5 Å². The number of carbonyl (C=O) groups excluding carboxylic acids is 1. The second kappa shape index (κ2) is 4.86. The first-order valence-corrected chi connectivity index (χ1v) is 9.15. The number of nitrogens with zero attached hydrogens (tertiary/aromatic N) is 1. The van der Waals surface area contributed by atoms with Gasteiger partial charge in [0.1, 0.15) is 0 Å².